The normalized spacial score (nSPS) is 19.7. The maximum atomic E-state index is 4.75. The molecule has 24 heavy (non-hydrogen) atoms. The maximum absolute atomic E-state index is 4.75. The van der Waals surface area contributed by atoms with Crippen LogP contribution in [0, 0.1) is 0 Å². The van der Waals surface area contributed by atoms with Gasteiger partial charge < -0.3 is 24.8 Å². The van der Waals surface area contributed by atoms with Crippen LogP contribution in [0.1, 0.15) is 44.5 Å². The van der Waals surface area contributed by atoms with Gasteiger partial charge >= 0.3 is 139 Å². The topological polar surface area (TPSA) is 0 Å². The van der Waals surface area contributed by atoms with Crippen molar-refractivity contribution in [3.8, 4) is 0 Å². The fourth-order valence-corrected chi connectivity index (χ4v) is 8.01. The second-order valence-electron chi connectivity index (χ2n) is 6.40. The number of hydrogen-bond acceptors (Lipinski definition) is 0. The molecule has 0 saturated carbocycles. The summed E-state index contributed by atoms with van der Waals surface area (Å²) in [6.45, 7) is 4.49. The predicted molar refractivity (Wildman–Crippen MR) is 92.8 cm³/mol. The van der Waals surface area contributed by atoms with E-state index in [2.05, 4.69) is 74.5 Å². The van der Waals surface area contributed by atoms with E-state index in [9.17, 15) is 0 Å². The minimum absolute atomic E-state index is 0. The molecular formula is C21H20Cl2Ti. The largest absolute Gasteiger partial charge is 1.00 e. The van der Waals surface area contributed by atoms with Gasteiger partial charge in [0.25, 0.3) is 0 Å². The Morgan fingerprint density at radius 1 is 0.708 bits per heavy atom. The Morgan fingerprint density at radius 3 is 1.50 bits per heavy atom. The molecular weight excluding hydrogens is 371 g/mol. The van der Waals surface area contributed by atoms with E-state index >= 15 is 0 Å². The van der Waals surface area contributed by atoms with Crippen molar-refractivity contribution in [1.29, 1.82) is 0 Å². The number of rotatable bonds is 2. The Bertz CT molecular complexity index is 779. The summed E-state index contributed by atoms with van der Waals surface area (Å²) >= 11 is -1.58. The molecule has 2 aliphatic carbocycles. The number of fused-ring (bicyclic) bond motifs is 2. The molecule has 3 heteroatoms. The van der Waals surface area contributed by atoms with Gasteiger partial charge in [0.1, 0.15) is 0 Å². The van der Waals surface area contributed by atoms with Crippen LogP contribution in [0.2, 0.25) is 0 Å². The molecule has 0 aliphatic heterocycles. The molecule has 0 amide bonds. The van der Waals surface area contributed by atoms with E-state index < -0.39 is 17.4 Å². The molecule has 122 valence electrons. The molecule has 0 aromatic heterocycles. The first-order chi connectivity index (χ1) is 10.7. The average molecular weight is 391 g/mol. The number of allylic oxidation sites excluding steroid dienone is 4. The fraction of sp³-hybridized carbons (Fsp3) is 0.190. The van der Waals surface area contributed by atoms with Crippen molar-refractivity contribution >= 4 is 16.0 Å². The Hall–Kier alpha value is -0.916. The summed E-state index contributed by atoms with van der Waals surface area (Å²) in [7, 11) is 0. The molecule has 2 aromatic rings. The van der Waals surface area contributed by atoms with Crippen molar-refractivity contribution in [3.63, 3.8) is 0 Å². The Morgan fingerprint density at radius 2 is 1.08 bits per heavy atom. The van der Waals surface area contributed by atoms with E-state index in [0.29, 0.717) is 8.45 Å². The average Bonchev–Trinajstić information content (AvgIpc) is 3.06. The summed E-state index contributed by atoms with van der Waals surface area (Å²) in [5.41, 5.74) is 8.77. The van der Waals surface area contributed by atoms with Gasteiger partial charge in [0.05, 0.1) is 0 Å². The first-order valence-electron chi connectivity index (χ1n) is 7.91. The van der Waals surface area contributed by atoms with E-state index in [-0.39, 0.29) is 24.8 Å². The molecule has 0 radical (unpaired) electrons. The van der Waals surface area contributed by atoms with Crippen molar-refractivity contribution in [2.75, 3.05) is 0 Å². The zero-order valence-corrected chi connectivity index (χ0v) is 17.0. The quantitative estimate of drug-likeness (QED) is 0.598. The third-order valence-electron chi connectivity index (χ3n) is 5.07. The monoisotopic (exact) mass is 390 g/mol. The van der Waals surface area contributed by atoms with Crippen LogP contribution in [0.3, 0.4) is 0 Å². The molecule has 0 N–H and O–H groups in total. The molecule has 2 unspecified atom stereocenters. The second kappa shape index (κ2) is 7.54. The first kappa shape index (κ1) is 19.4. The second-order valence-corrected chi connectivity index (χ2v) is 10.1. The molecule has 4 rings (SSSR count). The summed E-state index contributed by atoms with van der Waals surface area (Å²) in [6, 6.07) is 17.8. The zero-order valence-electron chi connectivity index (χ0n) is 13.9. The van der Waals surface area contributed by atoms with E-state index in [1.54, 1.807) is 0 Å². The van der Waals surface area contributed by atoms with Crippen molar-refractivity contribution in [3.05, 3.63) is 82.9 Å². The van der Waals surface area contributed by atoms with Crippen LogP contribution >= 0.6 is 0 Å². The number of hydrogen-bond donors (Lipinski definition) is 0. The summed E-state index contributed by atoms with van der Waals surface area (Å²) in [6.07, 6.45) is 4.97. The van der Waals surface area contributed by atoms with Crippen LogP contribution in [-0.2, 0) is 17.4 Å². The Labute approximate surface area is 162 Å². The minimum Gasteiger partial charge on any atom is -1.00 e. The van der Waals surface area contributed by atoms with Gasteiger partial charge in [-0.1, -0.05) is 0 Å². The van der Waals surface area contributed by atoms with Crippen LogP contribution in [-0.4, -0.2) is 4.82 Å². The van der Waals surface area contributed by atoms with Gasteiger partial charge in [0, 0.05) is 0 Å². The van der Waals surface area contributed by atoms with Crippen LogP contribution < -0.4 is 24.8 Å². The summed E-state index contributed by atoms with van der Waals surface area (Å²) in [4.78, 5) is 4.75. The number of halogens is 2. The van der Waals surface area contributed by atoms with Gasteiger partial charge in [0.2, 0.25) is 0 Å². The molecule has 0 bridgehead atoms. The molecule has 2 aromatic carbocycles. The summed E-state index contributed by atoms with van der Waals surface area (Å²) < 4.78 is 1.16. The van der Waals surface area contributed by atoms with Gasteiger partial charge in [0.15, 0.2) is 0 Å². The SMILES string of the molecule is [CH2]=[Ti+2]([CH]1C=C(C)c2ccccc21)[CH]1C=C(C)c2ccccc21.[Cl-].[Cl-]. The van der Waals surface area contributed by atoms with Gasteiger partial charge in [-0.25, -0.2) is 0 Å². The molecule has 0 fully saturated rings. The van der Waals surface area contributed by atoms with Gasteiger partial charge in [-0.2, -0.15) is 0 Å². The van der Waals surface area contributed by atoms with Crippen molar-refractivity contribution in [2.24, 2.45) is 0 Å². The van der Waals surface area contributed by atoms with Gasteiger partial charge in [-0.15, -0.1) is 0 Å². The Balaban J connectivity index is 0.00000104. The van der Waals surface area contributed by atoms with Gasteiger partial charge in [-0.05, 0) is 0 Å². The minimum atomic E-state index is -1.58. The van der Waals surface area contributed by atoms with Crippen LogP contribution in [0.25, 0.3) is 11.1 Å². The number of benzene rings is 2. The first-order valence-corrected chi connectivity index (χ1v) is 10.8. The van der Waals surface area contributed by atoms with E-state index in [0.717, 1.165) is 0 Å². The fourth-order valence-electron chi connectivity index (χ4n) is 3.92. The Kier molecular flexibility index (Phi) is 6.10. The third-order valence-corrected chi connectivity index (χ3v) is 9.06. The van der Waals surface area contributed by atoms with Crippen molar-refractivity contribution < 1.29 is 42.2 Å². The van der Waals surface area contributed by atoms with E-state index in [1.165, 1.54) is 33.4 Å². The standard InChI is InChI=1S/2C10H9.CH2.2ClH.Ti/c2*1-8-6-7-9-4-2-3-5-10(8)9;;;;/h2*2-7H,1H3;1H2;2*1H;/q;;;;;+2/p-2. The zero-order chi connectivity index (χ0) is 15.3. The smallest absolute Gasteiger partial charge is 1.00 e. The van der Waals surface area contributed by atoms with Crippen molar-refractivity contribution in [1.82, 2.24) is 0 Å². The van der Waals surface area contributed by atoms with Gasteiger partial charge in [-0.3, -0.25) is 0 Å². The summed E-state index contributed by atoms with van der Waals surface area (Å²) in [5.74, 6) is 0. The summed E-state index contributed by atoms with van der Waals surface area (Å²) in [5, 5.41) is 0. The molecule has 0 heterocycles. The van der Waals surface area contributed by atoms with E-state index in [4.69, 9.17) is 4.82 Å². The van der Waals surface area contributed by atoms with Crippen LogP contribution in [0.4, 0.5) is 0 Å². The molecule has 2 atom stereocenters. The molecule has 0 nitrogen and oxygen atoms in total. The maximum Gasteiger partial charge on any atom is -1.00 e. The van der Waals surface area contributed by atoms with Crippen molar-refractivity contribution in [2.45, 2.75) is 22.3 Å². The molecule has 2 aliphatic rings. The molecule has 0 spiro atoms. The predicted octanol–water partition coefficient (Wildman–Crippen LogP) is -0.639. The van der Waals surface area contributed by atoms with Crippen LogP contribution in [0.15, 0.2) is 60.7 Å². The van der Waals surface area contributed by atoms with E-state index in [1.807, 2.05) is 0 Å². The third kappa shape index (κ3) is 3.02. The molecule has 0 saturated heterocycles. The van der Waals surface area contributed by atoms with Crippen LogP contribution in [0.5, 0.6) is 0 Å².